The van der Waals surface area contributed by atoms with Crippen molar-refractivity contribution in [2.75, 3.05) is 19.4 Å². The lowest BCUT2D eigenvalue weighted by molar-refractivity contribution is -0.142. The first kappa shape index (κ1) is 20.1. The second-order valence-electron chi connectivity index (χ2n) is 6.73. The van der Waals surface area contributed by atoms with E-state index in [1.54, 1.807) is 12.1 Å². The largest absolute Gasteiger partial charge is 0.467 e. The van der Waals surface area contributed by atoms with Crippen LogP contribution in [-0.4, -0.2) is 50.0 Å². The Morgan fingerprint density at radius 3 is 2.43 bits per heavy atom. The molecule has 1 aliphatic rings. The summed E-state index contributed by atoms with van der Waals surface area (Å²) in [7, 11) is -2.64. The van der Waals surface area contributed by atoms with Gasteiger partial charge in [-0.1, -0.05) is 55.8 Å². The maximum Gasteiger partial charge on any atom is 0.344 e. The molecule has 2 aromatic carbocycles. The van der Waals surface area contributed by atoms with E-state index >= 15 is 0 Å². The number of carbonyl (C=O) groups is 2. The first-order chi connectivity index (χ1) is 13.4. The number of benzene rings is 2. The molecule has 3 rings (SSSR count). The zero-order valence-electron chi connectivity index (χ0n) is 15.9. The second kappa shape index (κ2) is 8.14. The van der Waals surface area contributed by atoms with Gasteiger partial charge in [0.25, 0.3) is 5.91 Å². The zero-order chi connectivity index (χ0) is 20.3. The van der Waals surface area contributed by atoms with E-state index in [2.05, 4.69) is 11.7 Å². The van der Waals surface area contributed by atoms with E-state index in [4.69, 9.17) is 0 Å². The molecular weight excluding hydrogens is 378 g/mol. The van der Waals surface area contributed by atoms with Crippen LogP contribution in [0.25, 0.3) is 11.1 Å². The van der Waals surface area contributed by atoms with Gasteiger partial charge in [0.05, 0.1) is 12.9 Å². The summed E-state index contributed by atoms with van der Waals surface area (Å²) in [5, 5.41) is -1.59. The Bertz CT molecular complexity index is 982. The van der Waals surface area contributed by atoms with Gasteiger partial charge in [-0.2, -0.15) is 0 Å². The van der Waals surface area contributed by atoms with E-state index in [-0.39, 0.29) is 12.3 Å². The predicted octanol–water partition coefficient (Wildman–Crippen LogP) is 2.68. The van der Waals surface area contributed by atoms with Crippen LogP contribution in [0.3, 0.4) is 0 Å². The number of aryl methyl sites for hydroxylation is 1. The molecule has 0 aliphatic carbocycles. The van der Waals surface area contributed by atoms with Gasteiger partial charge in [0.15, 0.2) is 9.84 Å². The Balaban J connectivity index is 1.98. The molecule has 0 unspecified atom stereocenters. The minimum Gasteiger partial charge on any atom is -0.467 e. The first-order valence-corrected chi connectivity index (χ1v) is 10.9. The maximum absolute atomic E-state index is 13.2. The van der Waals surface area contributed by atoms with E-state index in [0.717, 1.165) is 30.4 Å². The van der Waals surface area contributed by atoms with Crippen LogP contribution in [-0.2, 0) is 25.8 Å². The molecule has 1 heterocycles. The number of rotatable bonds is 5. The lowest BCUT2D eigenvalue weighted by Gasteiger charge is -2.22. The molecule has 0 saturated carbocycles. The fourth-order valence-corrected chi connectivity index (χ4v) is 5.10. The third-order valence-corrected chi connectivity index (χ3v) is 6.74. The quantitative estimate of drug-likeness (QED) is 0.720. The van der Waals surface area contributed by atoms with Gasteiger partial charge in [-0.05, 0) is 29.2 Å². The molecule has 6 nitrogen and oxygen atoms in total. The highest BCUT2D eigenvalue weighted by Crippen LogP contribution is 2.28. The van der Waals surface area contributed by atoms with Crippen LogP contribution in [0.15, 0.2) is 48.5 Å². The molecule has 7 heteroatoms. The monoisotopic (exact) mass is 401 g/mol. The summed E-state index contributed by atoms with van der Waals surface area (Å²) < 4.78 is 29.2. The summed E-state index contributed by atoms with van der Waals surface area (Å²) in [4.78, 5) is 26.3. The van der Waals surface area contributed by atoms with Crippen molar-refractivity contribution in [3.05, 3.63) is 59.7 Å². The molecule has 0 bridgehead atoms. The summed E-state index contributed by atoms with van der Waals surface area (Å²) >= 11 is 0. The summed E-state index contributed by atoms with van der Waals surface area (Å²) in [5.41, 5.74) is 3.13. The topological polar surface area (TPSA) is 80.8 Å². The molecule has 0 N–H and O–H groups in total. The number of hydrogen-bond acceptors (Lipinski definition) is 5. The smallest absolute Gasteiger partial charge is 0.344 e. The first-order valence-electron chi connectivity index (χ1n) is 9.17. The molecule has 1 aliphatic heterocycles. The second-order valence-corrected chi connectivity index (χ2v) is 8.91. The number of esters is 1. The minimum absolute atomic E-state index is 0.0370. The molecule has 1 atom stereocenters. The Labute approximate surface area is 165 Å². The Hall–Kier alpha value is -2.67. The van der Waals surface area contributed by atoms with Crippen molar-refractivity contribution in [3.8, 4) is 11.1 Å². The predicted molar refractivity (Wildman–Crippen MR) is 107 cm³/mol. The van der Waals surface area contributed by atoms with Gasteiger partial charge >= 0.3 is 5.97 Å². The van der Waals surface area contributed by atoms with E-state index in [0.29, 0.717) is 11.1 Å². The van der Waals surface area contributed by atoms with Gasteiger partial charge in [0.1, 0.15) is 0 Å². The molecule has 0 radical (unpaired) electrons. The van der Waals surface area contributed by atoms with E-state index in [1.165, 1.54) is 5.56 Å². The lowest BCUT2D eigenvalue weighted by Crippen LogP contribution is -2.44. The normalized spacial score (nSPS) is 18.1. The third kappa shape index (κ3) is 3.80. The number of amides is 1. The zero-order valence-corrected chi connectivity index (χ0v) is 16.7. The van der Waals surface area contributed by atoms with Crippen LogP contribution in [0.2, 0.25) is 0 Å². The summed E-state index contributed by atoms with van der Waals surface area (Å²) in [6.45, 7) is 2.08. The van der Waals surface area contributed by atoms with Crippen LogP contribution in [0.1, 0.15) is 29.3 Å². The van der Waals surface area contributed by atoms with Crippen LogP contribution >= 0.6 is 0 Å². The fourth-order valence-electron chi connectivity index (χ4n) is 3.45. The van der Waals surface area contributed by atoms with Crippen molar-refractivity contribution < 1.29 is 22.7 Å². The lowest BCUT2D eigenvalue weighted by atomic mass is 9.97. The van der Waals surface area contributed by atoms with Gasteiger partial charge < -0.3 is 9.64 Å². The Morgan fingerprint density at radius 1 is 1.11 bits per heavy atom. The summed E-state index contributed by atoms with van der Waals surface area (Å²) in [6, 6.07) is 15.0. The number of nitrogens with zero attached hydrogens (tertiary/aromatic N) is 1. The van der Waals surface area contributed by atoms with Gasteiger partial charge in [0, 0.05) is 12.1 Å². The standard InChI is InChI=1S/C21H23NO5S/c1-3-6-15-9-11-16(12-10-15)17-7-4-5-8-18(17)19(23)22-13-14-28(25,26)20(22)21(24)27-2/h4-5,7-12,20H,3,6,13-14H2,1-2H3/t20-/m1/s1. The van der Waals surface area contributed by atoms with Gasteiger partial charge in [0.2, 0.25) is 5.37 Å². The van der Waals surface area contributed by atoms with Crippen LogP contribution in [0, 0.1) is 0 Å². The number of carbonyl (C=O) groups excluding carboxylic acids is 2. The van der Waals surface area contributed by atoms with Crippen molar-refractivity contribution in [2.45, 2.75) is 25.1 Å². The average Bonchev–Trinajstić information content (AvgIpc) is 3.02. The molecule has 28 heavy (non-hydrogen) atoms. The molecule has 1 saturated heterocycles. The summed E-state index contributed by atoms with van der Waals surface area (Å²) in [5.74, 6) is -1.69. The van der Waals surface area contributed by atoms with Crippen LogP contribution in [0.5, 0.6) is 0 Å². The number of hydrogen-bond donors (Lipinski definition) is 0. The van der Waals surface area contributed by atoms with Crippen molar-refractivity contribution in [1.29, 1.82) is 0 Å². The van der Waals surface area contributed by atoms with E-state index in [9.17, 15) is 18.0 Å². The number of sulfone groups is 1. The third-order valence-electron chi connectivity index (χ3n) is 4.86. The molecule has 0 spiro atoms. The van der Waals surface area contributed by atoms with Gasteiger partial charge in [-0.15, -0.1) is 0 Å². The molecule has 2 aromatic rings. The highest BCUT2D eigenvalue weighted by Gasteiger charge is 2.47. The highest BCUT2D eigenvalue weighted by molar-refractivity contribution is 7.93. The molecule has 1 amide bonds. The van der Waals surface area contributed by atoms with E-state index < -0.39 is 27.1 Å². The van der Waals surface area contributed by atoms with E-state index in [1.807, 2.05) is 36.4 Å². The molecular formula is C21H23NO5S. The minimum atomic E-state index is -3.76. The van der Waals surface area contributed by atoms with Crippen molar-refractivity contribution >= 4 is 21.7 Å². The Morgan fingerprint density at radius 2 is 1.79 bits per heavy atom. The SMILES string of the molecule is CCCc1ccc(-c2ccccc2C(=O)N2CCS(=O)(=O)[C@@H]2C(=O)OC)cc1. The Kier molecular flexibility index (Phi) is 5.84. The fraction of sp³-hybridized carbons (Fsp3) is 0.333. The highest BCUT2D eigenvalue weighted by atomic mass is 32.2. The van der Waals surface area contributed by atoms with Gasteiger partial charge in [-0.25, -0.2) is 13.2 Å². The van der Waals surface area contributed by atoms with Gasteiger partial charge in [-0.3, -0.25) is 4.79 Å². The van der Waals surface area contributed by atoms with Crippen molar-refractivity contribution in [1.82, 2.24) is 4.90 Å². The van der Waals surface area contributed by atoms with Crippen LogP contribution in [0.4, 0.5) is 0 Å². The average molecular weight is 401 g/mol. The van der Waals surface area contributed by atoms with Crippen molar-refractivity contribution in [3.63, 3.8) is 0 Å². The summed E-state index contributed by atoms with van der Waals surface area (Å²) in [6.07, 6.45) is 2.03. The van der Waals surface area contributed by atoms with Crippen molar-refractivity contribution in [2.24, 2.45) is 0 Å². The molecule has 0 aromatic heterocycles. The number of methoxy groups -OCH3 is 1. The molecule has 148 valence electrons. The van der Waals surface area contributed by atoms with Crippen LogP contribution < -0.4 is 0 Å². The maximum atomic E-state index is 13.2. The molecule has 1 fully saturated rings. The number of ether oxygens (including phenoxy) is 1.